The number of rotatable bonds is 5. The number of likely N-dealkylation sites (N-methyl/N-ethyl adjacent to an activating group) is 1. The molecule has 0 N–H and O–H groups in total. The van der Waals surface area contributed by atoms with Crippen molar-refractivity contribution in [3.8, 4) is 10.4 Å². The number of hydrogen-bond acceptors (Lipinski definition) is 5. The molecule has 4 aromatic rings. The number of hydrogen-bond donors (Lipinski definition) is 0. The highest BCUT2D eigenvalue weighted by molar-refractivity contribution is 7.18. The normalized spacial score (nSPS) is 11.1. The van der Waals surface area contributed by atoms with Gasteiger partial charge in [0.05, 0.1) is 11.7 Å². The van der Waals surface area contributed by atoms with E-state index in [0.29, 0.717) is 10.2 Å². The molecule has 0 spiro atoms. The van der Waals surface area contributed by atoms with Crippen LogP contribution in [0, 0.1) is 5.82 Å². The summed E-state index contributed by atoms with van der Waals surface area (Å²) in [7, 11) is 1.55. The minimum atomic E-state index is -0.476. The summed E-state index contributed by atoms with van der Waals surface area (Å²) in [5.41, 5.74) is 0.792. The van der Waals surface area contributed by atoms with Gasteiger partial charge in [-0.15, -0.1) is 22.7 Å². The SMILES string of the molecule is CN(Cc1c(F)cccc1Cl)C(=O)Cn1cnc2scc(-c3cccs3)c2c1=O. The van der Waals surface area contributed by atoms with Gasteiger partial charge in [0, 0.05) is 40.0 Å². The minimum absolute atomic E-state index is 0.00760. The van der Waals surface area contributed by atoms with Crippen LogP contribution in [-0.4, -0.2) is 27.4 Å². The molecule has 3 heterocycles. The number of thiophene rings is 2. The first kappa shape index (κ1) is 19.8. The molecule has 1 aromatic carbocycles. The summed E-state index contributed by atoms with van der Waals surface area (Å²) in [6, 6.07) is 8.24. The molecule has 0 fully saturated rings. The molecule has 148 valence electrons. The van der Waals surface area contributed by atoms with Crippen molar-refractivity contribution < 1.29 is 9.18 Å². The Morgan fingerprint density at radius 1 is 1.28 bits per heavy atom. The van der Waals surface area contributed by atoms with Gasteiger partial charge in [-0.3, -0.25) is 14.2 Å². The summed E-state index contributed by atoms with van der Waals surface area (Å²) >= 11 is 8.98. The number of fused-ring (bicyclic) bond motifs is 1. The molecule has 0 aliphatic carbocycles. The molecule has 0 aliphatic rings. The predicted molar refractivity (Wildman–Crippen MR) is 115 cm³/mol. The molecule has 0 aliphatic heterocycles. The van der Waals surface area contributed by atoms with E-state index in [2.05, 4.69) is 4.98 Å². The van der Waals surface area contributed by atoms with E-state index >= 15 is 0 Å². The van der Waals surface area contributed by atoms with E-state index in [1.165, 1.54) is 39.3 Å². The second kappa shape index (κ2) is 8.06. The molecule has 4 rings (SSSR count). The monoisotopic (exact) mass is 447 g/mol. The van der Waals surface area contributed by atoms with E-state index in [4.69, 9.17) is 11.6 Å². The highest BCUT2D eigenvalue weighted by Gasteiger charge is 2.18. The molecule has 0 saturated heterocycles. The highest BCUT2D eigenvalue weighted by atomic mass is 35.5. The third-order valence-electron chi connectivity index (χ3n) is 4.54. The Hall–Kier alpha value is -2.55. The summed E-state index contributed by atoms with van der Waals surface area (Å²) in [4.78, 5) is 33.0. The van der Waals surface area contributed by atoms with Gasteiger partial charge in [-0.1, -0.05) is 23.7 Å². The van der Waals surface area contributed by atoms with Crippen LogP contribution in [-0.2, 0) is 17.9 Å². The standard InChI is InChI=1S/C20H15ClFN3O2S2/c1-24(8-12-14(21)4-2-5-15(12)22)17(26)9-25-11-23-19-18(20(25)27)13(10-29-19)16-6-3-7-28-16/h2-7,10-11H,8-9H2,1H3. The van der Waals surface area contributed by atoms with Crippen molar-refractivity contribution in [1.82, 2.24) is 14.5 Å². The second-order valence-electron chi connectivity index (χ2n) is 6.43. The fraction of sp³-hybridized carbons (Fsp3) is 0.150. The van der Waals surface area contributed by atoms with Crippen LogP contribution in [0.25, 0.3) is 20.7 Å². The van der Waals surface area contributed by atoms with E-state index in [1.807, 2.05) is 22.9 Å². The fourth-order valence-electron chi connectivity index (χ4n) is 2.97. The summed E-state index contributed by atoms with van der Waals surface area (Å²) in [5.74, 6) is -0.822. The van der Waals surface area contributed by atoms with Crippen LogP contribution >= 0.6 is 34.3 Å². The lowest BCUT2D eigenvalue weighted by atomic mass is 10.2. The summed E-state index contributed by atoms with van der Waals surface area (Å²) in [5, 5.41) is 4.61. The quantitative estimate of drug-likeness (QED) is 0.448. The maximum Gasteiger partial charge on any atom is 0.263 e. The number of carbonyl (C=O) groups is 1. The maximum atomic E-state index is 14.0. The summed E-state index contributed by atoms with van der Waals surface area (Å²) < 4.78 is 15.3. The van der Waals surface area contributed by atoms with Crippen LogP contribution in [0.3, 0.4) is 0 Å². The van der Waals surface area contributed by atoms with Crippen LogP contribution in [0.5, 0.6) is 0 Å². The number of aromatic nitrogens is 2. The van der Waals surface area contributed by atoms with Gasteiger partial charge in [0.15, 0.2) is 0 Å². The Morgan fingerprint density at radius 2 is 2.10 bits per heavy atom. The van der Waals surface area contributed by atoms with Crippen molar-refractivity contribution in [2.24, 2.45) is 0 Å². The van der Waals surface area contributed by atoms with Gasteiger partial charge in [-0.25, -0.2) is 9.37 Å². The van der Waals surface area contributed by atoms with E-state index in [9.17, 15) is 14.0 Å². The Kier molecular flexibility index (Phi) is 5.49. The third-order valence-corrected chi connectivity index (χ3v) is 6.68. The Morgan fingerprint density at radius 3 is 2.83 bits per heavy atom. The molecular weight excluding hydrogens is 433 g/mol. The third kappa shape index (κ3) is 3.83. The van der Waals surface area contributed by atoms with Gasteiger partial charge in [-0.05, 0) is 23.6 Å². The molecule has 0 atom stereocenters. The first-order valence-corrected chi connectivity index (χ1v) is 10.8. The fourth-order valence-corrected chi connectivity index (χ4v) is 4.91. The molecule has 1 amide bonds. The molecule has 0 radical (unpaired) electrons. The summed E-state index contributed by atoms with van der Waals surface area (Å²) in [6.45, 7) is -0.183. The van der Waals surface area contributed by atoms with Gasteiger partial charge < -0.3 is 4.90 Å². The van der Waals surface area contributed by atoms with Gasteiger partial charge in [0.1, 0.15) is 17.2 Å². The number of benzene rings is 1. The molecule has 0 unspecified atom stereocenters. The summed E-state index contributed by atoms with van der Waals surface area (Å²) in [6.07, 6.45) is 1.38. The smallest absolute Gasteiger partial charge is 0.263 e. The van der Waals surface area contributed by atoms with Crippen molar-refractivity contribution in [1.29, 1.82) is 0 Å². The zero-order valence-corrected chi connectivity index (χ0v) is 17.7. The van der Waals surface area contributed by atoms with Crippen molar-refractivity contribution in [3.05, 3.63) is 74.2 Å². The minimum Gasteiger partial charge on any atom is -0.340 e. The van der Waals surface area contributed by atoms with E-state index < -0.39 is 5.82 Å². The average Bonchev–Trinajstić information content (AvgIpc) is 3.36. The largest absolute Gasteiger partial charge is 0.340 e. The first-order valence-electron chi connectivity index (χ1n) is 8.63. The van der Waals surface area contributed by atoms with Crippen molar-refractivity contribution >= 4 is 50.4 Å². The lowest BCUT2D eigenvalue weighted by Crippen LogP contribution is -2.34. The molecule has 3 aromatic heterocycles. The zero-order chi connectivity index (χ0) is 20.5. The molecule has 29 heavy (non-hydrogen) atoms. The maximum absolute atomic E-state index is 14.0. The molecular formula is C20H15ClFN3O2S2. The number of amides is 1. The average molecular weight is 448 g/mol. The lowest BCUT2D eigenvalue weighted by molar-refractivity contribution is -0.131. The Bertz CT molecular complexity index is 1230. The van der Waals surface area contributed by atoms with Crippen LogP contribution in [0.1, 0.15) is 5.56 Å². The van der Waals surface area contributed by atoms with Crippen LogP contribution in [0.4, 0.5) is 4.39 Å². The van der Waals surface area contributed by atoms with Crippen LogP contribution in [0.2, 0.25) is 5.02 Å². The topological polar surface area (TPSA) is 55.2 Å². The number of halogens is 2. The second-order valence-corrected chi connectivity index (χ2v) is 8.65. The van der Waals surface area contributed by atoms with E-state index in [1.54, 1.807) is 24.5 Å². The zero-order valence-electron chi connectivity index (χ0n) is 15.3. The molecule has 5 nitrogen and oxygen atoms in total. The Balaban J connectivity index is 1.61. The lowest BCUT2D eigenvalue weighted by Gasteiger charge is -2.19. The van der Waals surface area contributed by atoms with Crippen molar-refractivity contribution in [3.63, 3.8) is 0 Å². The van der Waals surface area contributed by atoms with Crippen LogP contribution in [0.15, 0.2) is 52.2 Å². The van der Waals surface area contributed by atoms with Crippen molar-refractivity contribution in [2.45, 2.75) is 13.1 Å². The van der Waals surface area contributed by atoms with E-state index in [-0.39, 0.29) is 35.1 Å². The predicted octanol–water partition coefficient (Wildman–Crippen LogP) is 4.64. The Labute approximate surface area is 178 Å². The van der Waals surface area contributed by atoms with Crippen LogP contribution < -0.4 is 5.56 Å². The number of nitrogens with zero attached hydrogens (tertiary/aromatic N) is 3. The van der Waals surface area contributed by atoms with Crippen molar-refractivity contribution in [2.75, 3.05) is 7.05 Å². The van der Waals surface area contributed by atoms with Gasteiger partial charge in [0.25, 0.3) is 5.56 Å². The highest BCUT2D eigenvalue weighted by Crippen LogP contribution is 2.33. The first-order chi connectivity index (χ1) is 14.0. The van der Waals surface area contributed by atoms with Gasteiger partial charge in [-0.2, -0.15) is 0 Å². The van der Waals surface area contributed by atoms with Gasteiger partial charge >= 0.3 is 0 Å². The number of carbonyl (C=O) groups excluding carboxylic acids is 1. The molecule has 0 bridgehead atoms. The van der Waals surface area contributed by atoms with Gasteiger partial charge in [0.2, 0.25) is 5.91 Å². The molecule has 0 saturated carbocycles. The molecule has 9 heteroatoms. The van der Waals surface area contributed by atoms with E-state index in [0.717, 1.165) is 10.4 Å².